The minimum atomic E-state index is 0.864. The highest BCUT2D eigenvalue weighted by Gasteiger charge is 2.34. The molecule has 2 aromatic carbocycles. The van der Waals surface area contributed by atoms with Crippen LogP contribution < -0.4 is 0 Å². The van der Waals surface area contributed by atoms with Crippen molar-refractivity contribution in [2.45, 2.75) is 122 Å². The minimum absolute atomic E-state index is 0.864. The van der Waals surface area contributed by atoms with Crippen LogP contribution in [-0.2, 0) is 25.7 Å². The maximum atomic E-state index is 5.78. The zero-order valence-electron chi connectivity index (χ0n) is 38.9. The molecule has 4 N–H and O–H groups in total. The zero-order valence-corrected chi connectivity index (χ0v) is 38.9. The second-order valence-electron chi connectivity index (χ2n) is 17.3. The van der Waals surface area contributed by atoms with E-state index in [-0.39, 0.29) is 0 Å². The monoisotopic (exact) mass is 819 g/mol. The highest BCUT2D eigenvalue weighted by atomic mass is 14.9. The van der Waals surface area contributed by atoms with Crippen molar-refractivity contribution in [2.75, 3.05) is 0 Å². The number of fused-ring (bicyclic) bond motifs is 14. The van der Waals surface area contributed by atoms with Gasteiger partial charge >= 0.3 is 0 Å². The van der Waals surface area contributed by atoms with Gasteiger partial charge in [-0.1, -0.05) is 102 Å². The molecule has 0 unspecified atom stereocenters. The van der Waals surface area contributed by atoms with Gasteiger partial charge < -0.3 is 19.9 Å². The summed E-state index contributed by atoms with van der Waals surface area (Å²) in [7, 11) is 0. The number of aromatic amines is 4. The third kappa shape index (κ3) is 6.04. The van der Waals surface area contributed by atoms with E-state index >= 15 is 0 Å². The number of hydrogen-bond acceptors (Lipinski definition) is 2. The summed E-state index contributed by atoms with van der Waals surface area (Å²) in [5, 5.41) is 0. The fourth-order valence-electron chi connectivity index (χ4n) is 11.1. The normalized spacial score (nSPS) is 17.4. The largest absolute Gasteiger partial charge is 0.353 e. The summed E-state index contributed by atoms with van der Waals surface area (Å²) in [4.78, 5) is 27.8. The Kier molecular flexibility index (Phi) is 10.6. The quantitative estimate of drug-likeness (QED) is 0.118. The Morgan fingerprint density at radius 1 is 0.355 bits per heavy atom. The summed E-state index contributed by atoms with van der Waals surface area (Å²) < 4.78 is 0. The molecule has 62 heavy (non-hydrogen) atoms. The molecule has 0 aliphatic carbocycles. The van der Waals surface area contributed by atoms with Gasteiger partial charge in [-0.2, -0.15) is 0 Å². The van der Waals surface area contributed by atoms with Crippen LogP contribution in [0.1, 0.15) is 147 Å². The summed E-state index contributed by atoms with van der Waals surface area (Å²) in [6, 6.07) is 21.8. The van der Waals surface area contributed by atoms with Gasteiger partial charge in [0.05, 0.1) is 68.4 Å². The Balaban J connectivity index is 1.48. The van der Waals surface area contributed by atoms with Crippen LogP contribution in [0, 0.1) is 27.7 Å². The molecule has 7 heterocycles. The maximum Gasteiger partial charge on any atom is 0.0907 e. The first-order chi connectivity index (χ1) is 30.0. The van der Waals surface area contributed by atoms with Gasteiger partial charge in [0.15, 0.2) is 0 Å². The standard InChI is InChI=1S/C56H62N6/c1-13-37-29(7)45-46-30(8)38(14-2)52(58-46)44(36-27-23-20-24-28-36)54-40(16-4)32(10)48(60-54)50-34(12)42(18-6)56(62-50)55-41(17-5)33(11)49(61-55)47-31(9)39(15-3)53(59-47)43(51(37)57-45)35-25-21-19-22-26-35/h19-28,57,60-62H,13-18H2,1-12H3/b46-45?,49-47?,50-48?,51-43?,52-44-,53-43-,54-44?,56-55?. The van der Waals surface area contributed by atoms with E-state index in [1.807, 2.05) is 0 Å². The molecule has 0 radical (unpaired) electrons. The maximum absolute atomic E-state index is 5.78. The van der Waals surface area contributed by atoms with Gasteiger partial charge in [-0.3, -0.25) is 0 Å². The number of rotatable bonds is 8. The second-order valence-corrected chi connectivity index (χ2v) is 17.3. The van der Waals surface area contributed by atoms with E-state index in [0.29, 0.717) is 0 Å². The third-order valence-electron chi connectivity index (χ3n) is 14.3. The number of nitrogens with zero attached hydrogens (tertiary/aromatic N) is 2. The topological polar surface area (TPSA) is 87.9 Å². The van der Waals surface area contributed by atoms with Crippen molar-refractivity contribution < 1.29 is 0 Å². The van der Waals surface area contributed by atoms with E-state index < -0.39 is 0 Å². The molecule has 316 valence electrons. The van der Waals surface area contributed by atoms with Crippen LogP contribution in [0.4, 0.5) is 0 Å². The molecule has 3 aliphatic heterocycles. The molecule has 6 heteroatoms. The number of aromatic nitrogens is 4. The number of hydrogen-bond donors (Lipinski definition) is 4. The van der Waals surface area contributed by atoms with Crippen molar-refractivity contribution in [1.82, 2.24) is 19.9 Å². The molecular formula is C56H62N6. The summed E-state index contributed by atoms with van der Waals surface area (Å²) in [5.41, 5.74) is 33.3. The Morgan fingerprint density at radius 2 is 0.661 bits per heavy atom. The molecule has 6 aromatic rings. The van der Waals surface area contributed by atoms with E-state index in [9.17, 15) is 0 Å². The first-order valence-corrected chi connectivity index (χ1v) is 23.1. The van der Waals surface area contributed by atoms with Crippen molar-refractivity contribution in [3.8, 4) is 22.8 Å². The van der Waals surface area contributed by atoms with Crippen molar-refractivity contribution >= 4 is 22.6 Å². The number of benzene rings is 2. The molecule has 0 amide bonds. The molecule has 4 aromatic heterocycles. The number of aliphatic imine (C=N–C) groups is 2. The zero-order chi connectivity index (χ0) is 43.7. The van der Waals surface area contributed by atoms with Gasteiger partial charge in [-0.05, 0) is 158 Å². The lowest BCUT2D eigenvalue weighted by Gasteiger charge is -2.14. The first kappa shape index (κ1) is 41.2. The number of H-pyrrole nitrogens is 4. The fraction of sp³-hybridized carbons (Fsp3) is 0.321. The Labute approximate surface area is 368 Å². The summed E-state index contributed by atoms with van der Waals surface area (Å²) in [5.74, 6) is 0. The minimum Gasteiger partial charge on any atom is -0.353 e. The van der Waals surface area contributed by atoms with E-state index in [4.69, 9.17) is 9.98 Å². The number of nitrogens with one attached hydrogen (secondary N) is 4. The predicted molar refractivity (Wildman–Crippen MR) is 262 cm³/mol. The molecule has 6 nitrogen and oxygen atoms in total. The summed E-state index contributed by atoms with van der Waals surface area (Å²) in [6.45, 7) is 27.4. The average molecular weight is 819 g/mol. The van der Waals surface area contributed by atoms with Crippen molar-refractivity contribution in [3.63, 3.8) is 0 Å². The fourth-order valence-corrected chi connectivity index (χ4v) is 11.1. The molecule has 0 atom stereocenters. The van der Waals surface area contributed by atoms with Crippen molar-refractivity contribution in [1.29, 1.82) is 0 Å². The van der Waals surface area contributed by atoms with Gasteiger partial charge in [-0.15, -0.1) is 0 Å². The average Bonchev–Trinajstić information content (AvgIpc) is 4.11. The Bertz CT molecular complexity index is 2990. The molecule has 0 fully saturated rings. The van der Waals surface area contributed by atoms with Crippen LogP contribution in [0.15, 0.2) is 104 Å². The van der Waals surface area contributed by atoms with Gasteiger partial charge in [-0.25, -0.2) is 9.98 Å². The van der Waals surface area contributed by atoms with Gasteiger partial charge in [0.1, 0.15) is 0 Å². The van der Waals surface area contributed by atoms with E-state index in [1.165, 1.54) is 78.2 Å². The highest BCUT2D eigenvalue weighted by molar-refractivity contribution is 6.18. The van der Waals surface area contributed by atoms with Gasteiger partial charge in [0.2, 0.25) is 0 Å². The van der Waals surface area contributed by atoms with Crippen molar-refractivity contribution in [3.05, 3.63) is 173 Å². The van der Waals surface area contributed by atoms with Crippen LogP contribution in [0.3, 0.4) is 0 Å². The highest BCUT2D eigenvalue weighted by Crippen LogP contribution is 2.46. The first-order valence-electron chi connectivity index (χ1n) is 23.1. The summed E-state index contributed by atoms with van der Waals surface area (Å²) in [6.07, 6.45) is 5.31. The van der Waals surface area contributed by atoms with Crippen LogP contribution in [-0.4, -0.2) is 31.4 Å². The van der Waals surface area contributed by atoms with Crippen LogP contribution in [0.5, 0.6) is 0 Å². The molecule has 0 spiro atoms. The molecule has 0 saturated carbocycles. The smallest absolute Gasteiger partial charge is 0.0907 e. The lowest BCUT2D eigenvalue weighted by molar-refractivity contribution is 1.08. The molecule has 3 aliphatic rings. The predicted octanol–water partition coefficient (Wildman–Crippen LogP) is 14.1. The van der Waals surface area contributed by atoms with Crippen LogP contribution in [0.2, 0.25) is 0 Å². The van der Waals surface area contributed by atoms with E-state index in [2.05, 4.69) is 164 Å². The molecular weight excluding hydrogens is 757 g/mol. The van der Waals surface area contributed by atoms with Gasteiger partial charge in [0, 0.05) is 11.1 Å². The Hall–Kier alpha value is -6.14. The summed E-state index contributed by atoms with van der Waals surface area (Å²) >= 11 is 0. The van der Waals surface area contributed by atoms with E-state index in [0.717, 1.165) is 118 Å². The Morgan fingerprint density at radius 3 is 1.02 bits per heavy atom. The molecule has 0 saturated heterocycles. The lowest BCUT2D eigenvalue weighted by Crippen LogP contribution is -2.03. The van der Waals surface area contributed by atoms with Crippen LogP contribution in [0.25, 0.3) is 33.9 Å². The SMILES string of the molecule is CCC1=C(C)C2=N/C1=C(/c1ccccc1)c1[nH]c(c(C)c1CC)C1=N/C(=C(/c3ccccc3)c3[nH]c(c(C)c3CC)-c3[nH]c(c(CC)c3C)-c3[nH]c2c(C)c3CC)C(CC)=C1C. The van der Waals surface area contributed by atoms with E-state index in [1.54, 1.807) is 0 Å². The molecule has 12 bridgehead atoms. The number of allylic oxidation sites excluding steroid dienone is 4. The van der Waals surface area contributed by atoms with Gasteiger partial charge in [0.25, 0.3) is 0 Å². The lowest BCUT2D eigenvalue weighted by atomic mass is 9.91. The van der Waals surface area contributed by atoms with Crippen molar-refractivity contribution in [2.24, 2.45) is 9.98 Å². The second kappa shape index (κ2) is 16.0. The third-order valence-corrected chi connectivity index (χ3v) is 14.3. The molecule has 9 rings (SSSR count). The van der Waals surface area contributed by atoms with Crippen LogP contribution >= 0.6 is 0 Å².